The molecular weight excluding hydrogens is 355 g/mol. The highest BCUT2D eigenvalue weighted by Crippen LogP contribution is 2.20. The Hall–Kier alpha value is -3.41. The molecule has 2 aromatic carbocycles. The monoisotopic (exact) mass is 378 g/mol. The van der Waals surface area contributed by atoms with Gasteiger partial charge in [0, 0.05) is 42.0 Å². The average molecular weight is 378 g/mol. The molecule has 6 heteroatoms. The van der Waals surface area contributed by atoms with Gasteiger partial charge in [-0.25, -0.2) is 4.39 Å². The van der Waals surface area contributed by atoms with Crippen molar-refractivity contribution in [3.8, 4) is 0 Å². The smallest absolute Gasteiger partial charge is 0.274 e. The second-order valence-corrected chi connectivity index (χ2v) is 6.23. The quantitative estimate of drug-likeness (QED) is 0.603. The molecule has 1 heterocycles. The minimum Gasteiger partial charge on any atom is -0.372 e. The van der Waals surface area contributed by atoms with Crippen LogP contribution < -0.4 is 15.5 Å². The summed E-state index contributed by atoms with van der Waals surface area (Å²) in [6.07, 6.45) is 1.56. The fraction of sp³-hybridized carbons (Fsp3) is 0.182. The van der Waals surface area contributed by atoms with Crippen molar-refractivity contribution in [3.63, 3.8) is 0 Å². The molecule has 0 fully saturated rings. The first kappa shape index (κ1) is 19.4. The van der Waals surface area contributed by atoms with E-state index in [2.05, 4.69) is 34.4 Å². The van der Waals surface area contributed by atoms with Gasteiger partial charge < -0.3 is 15.5 Å². The number of aromatic nitrogens is 1. The van der Waals surface area contributed by atoms with Crippen molar-refractivity contribution in [2.75, 3.05) is 28.6 Å². The number of amides is 1. The fourth-order valence-electron chi connectivity index (χ4n) is 2.87. The largest absolute Gasteiger partial charge is 0.372 e. The van der Waals surface area contributed by atoms with Crippen LogP contribution in [0.2, 0.25) is 0 Å². The van der Waals surface area contributed by atoms with Gasteiger partial charge in [-0.2, -0.15) is 0 Å². The lowest BCUT2D eigenvalue weighted by molar-refractivity contribution is 0.102. The molecule has 1 aromatic heterocycles. The second-order valence-electron chi connectivity index (χ2n) is 6.23. The van der Waals surface area contributed by atoms with E-state index < -0.39 is 0 Å². The van der Waals surface area contributed by atoms with Crippen molar-refractivity contribution in [1.82, 2.24) is 4.98 Å². The zero-order valence-electron chi connectivity index (χ0n) is 15.9. The molecule has 0 aliphatic rings. The van der Waals surface area contributed by atoms with Crippen LogP contribution >= 0.6 is 0 Å². The lowest BCUT2D eigenvalue weighted by atomic mass is 10.2. The maximum Gasteiger partial charge on any atom is 0.274 e. The zero-order valence-corrected chi connectivity index (χ0v) is 15.9. The van der Waals surface area contributed by atoms with E-state index >= 15 is 0 Å². The second kappa shape index (κ2) is 8.99. The van der Waals surface area contributed by atoms with Crippen LogP contribution in [-0.4, -0.2) is 24.0 Å². The Morgan fingerprint density at radius 2 is 1.57 bits per heavy atom. The first-order chi connectivity index (χ1) is 13.6. The molecule has 5 nitrogen and oxygen atoms in total. The van der Waals surface area contributed by atoms with Gasteiger partial charge in [0.25, 0.3) is 5.91 Å². The van der Waals surface area contributed by atoms with Gasteiger partial charge in [-0.3, -0.25) is 9.78 Å². The molecule has 0 spiro atoms. The number of benzene rings is 2. The lowest BCUT2D eigenvalue weighted by Crippen LogP contribution is -2.21. The van der Waals surface area contributed by atoms with Gasteiger partial charge in [0.15, 0.2) is 0 Å². The Bertz CT molecular complexity index is 922. The van der Waals surface area contributed by atoms with Crippen LogP contribution in [0.1, 0.15) is 24.3 Å². The van der Waals surface area contributed by atoms with Gasteiger partial charge in [-0.1, -0.05) is 0 Å². The van der Waals surface area contributed by atoms with Crippen LogP contribution in [0, 0.1) is 5.82 Å². The number of carbonyl (C=O) groups excluding carboxylic acids is 1. The van der Waals surface area contributed by atoms with Gasteiger partial charge in [0.2, 0.25) is 0 Å². The third kappa shape index (κ3) is 4.85. The van der Waals surface area contributed by atoms with E-state index in [0.29, 0.717) is 17.1 Å². The summed E-state index contributed by atoms with van der Waals surface area (Å²) in [5.74, 6) is -0.592. The third-order valence-electron chi connectivity index (χ3n) is 4.38. The maximum atomic E-state index is 13.0. The summed E-state index contributed by atoms with van der Waals surface area (Å²) in [6.45, 7) is 6.08. The summed E-state index contributed by atoms with van der Waals surface area (Å²) in [7, 11) is 0. The molecule has 0 saturated carbocycles. The Morgan fingerprint density at radius 3 is 2.21 bits per heavy atom. The SMILES string of the molecule is CCN(CC)c1ccc(NC(=O)c2cc(Nc3ccc(F)cc3)ccn2)cc1. The van der Waals surface area contributed by atoms with Crippen molar-refractivity contribution in [2.24, 2.45) is 0 Å². The fourth-order valence-corrected chi connectivity index (χ4v) is 2.87. The van der Waals surface area contributed by atoms with E-state index in [1.54, 1.807) is 30.5 Å². The van der Waals surface area contributed by atoms with Crippen molar-refractivity contribution in [3.05, 3.63) is 78.4 Å². The van der Waals surface area contributed by atoms with E-state index in [-0.39, 0.29) is 11.7 Å². The highest BCUT2D eigenvalue weighted by atomic mass is 19.1. The third-order valence-corrected chi connectivity index (χ3v) is 4.38. The van der Waals surface area contributed by atoms with E-state index in [1.165, 1.54) is 12.1 Å². The van der Waals surface area contributed by atoms with Crippen LogP contribution in [0.15, 0.2) is 66.9 Å². The van der Waals surface area contributed by atoms with Crippen molar-refractivity contribution in [2.45, 2.75) is 13.8 Å². The highest BCUT2D eigenvalue weighted by Gasteiger charge is 2.09. The molecule has 144 valence electrons. The first-order valence-corrected chi connectivity index (χ1v) is 9.24. The predicted molar refractivity (Wildman–Crippen MR) is 112 cm³/mol. The number of carbonyl (C=O) groups is 1. The average Bonchev–Trinajstić information content (AvgIpc) is 2.72. The van der Waals surface area contributed by atoms with Gasteiger partial charge in [0.05, 0.1) is 0 Å². The van der Waals surface area contributed by atoms with Crippen LogP contribution in [-0.2, 0) is 0 Å². The van der Waals surface area contributed by atoms with Gasteiger partial charge >= 0.3 is 0 Å². The molecule has 0 saturated heterocycles. The molecule has 0 bridgehead atoms. The van der Waals surface area contributed by atoms with E-state index in [9.17, 15) is 9.18 Å². The van der Waals surface area contributed by atoms with Crippen molar-refractivity contribution >= 4 is 28.7 Å². The van der Waals surface area contributed by atoms with Crippen LogP contribution in [0.5, 0.6) is 0 Å². The Morgan fingerprint density at radius 1 is 0.929 bits per heavy atom. The van der Waals surface area contributed by atoms with Crippen LogP contribution in [0.4, 0.5) is 27.1 Å². The Kier molecular flexibility index (Phi) is 6.22. The standard InChI is InChI=1S/C22H23FN4O/c1-3-27(4-2)20-11-9-18(10-12-20)26-22(28)21-15-19(13-14-24-21)25-17-7-5-16(23)6-8-17/h5-15H,3-4H2,1-2H3,(H,24,25)(H,26,28). The first-order valence-electron chi connectivity index (χ1n) is 9.24. The molecule has 28 heavy (non-hydrogen) atoms. The Balaban J connectivity index is 1.68. The number of nitrogens with zero attached hydrogens (tertiary/aromatic N) is 2. The summed E-state index contributed by atoms with van der Waals surface area (Å²) in [6, 6.07) is 17.2. The number of halogens is 1. The van der Waals surface area contributed by atoms with Crippen LogP contribution in [0.3, 0.4) is 0 Å². The summed E-state index contributed by atoms with van der Waals surface area (Å²) in [5.41, 5.74) is 3.54. The predicted octanol–water partition coefficient (Wildman–Crippen LogP) is 5.06. The maximum absolute atomic E-state index is 13.0. The minimum absolute atomic E-state index is 0.292. The number of nitrogens with one attached hydrogen (secondary N) is 2. The molecule has 2 N–H and O–H groups in total. The van der Waals surface area contributed by atoms with Gasteiger partial charge in [0.1, 0.15) is 11.5 Å². The summed E-state index contributed by atoms with van der Waals surface area (Å²) < 4.78 is 13.0. The number of hydrogen-bond acceptors (Lipinski definition) is 4. The summed E-state index contributed by atoms with van der Waals surface area (Å²) >= 11 is 0. The minimum atomic E-state index is -0.299. The molecule has 0 atom stereocenters. The normalized spacial score (nSPS) is 10.4. The summed E-state index contributed by atoms with van der Waals surface area (Å²) in [5, 5.41) is 5.99. The van der Waals surface area contributed by atoms with E-state index in [4.69, 9.17) is 0 Å². The van der Waals surface area contributed by atoms with Crippen molar-refractivity contribution < 1.29 is 9.18 Å². The number of anilines is 4. The number of pyridine rings is 1. The molecule has 0 aliphatic heterocycles. The van der Waals surface area contributed by atoms with Crippen molar-refractivity contribution in [1.29, 1.82) is 0 Å². The topological polar surface area (TPSA) is 57.3 Å². The molecule has 3 aromatic rings. The summed E-state index contributed by atoms with van der Waals surface area (Å²) in [4.78, 5) is 18.9. The lowest BCUT2D eigenvalue weighted by Gasteiger charge is -2.21. The van der Waals surface area contributed by atoms with E-state index in [0.717, 1.165) is 24.5 Å². The van der Waals surface area contributed by atoms with E-state index in [1.807, 2.05) is 24.3 Å². The number of rotatable bonds is 7. The van der Waals surface area contributed by atoms with Gasteiger partial charge in [-0.05, 0) is 74.5 Å². The molecule has 0 aliphatic carbocycles. The zero-order chi connectivity index (χ0) is 19.9. The molecule has 3 rings (SSSR count). The van der Waals surface area contributed by atoms with Gasteiger partial charge in [-0.15, -0.1) is 0 Å². The molecule has 0 radical (unpaired) electrons. The Labute approximate surface area is 164 Å². The molecule has 1 amide bonds. The number of hydrogen-bond donors (Lipinski definition) is 2. The molecule has 0 unspecified atom stereocenters. The molecular formula is C22H23FN4O. The van der Waals surface area contributed by atoms with Crippen LogP contribution in [0.25, 0.3) is 0 Å². The highest BCUT2D eigenvalue weighted by molar-refractivity contribution is 6.03.